The number of pyridine rings is 1. The second kappa shape index (κ2) is 4.84. The molecule has 0 aliphatic carbocycles. The van der Waals surface area contributed by atoms with E-state index < -0.39 is 11.9 Å². The number of halogens is 1. The maximum atomic E-state index is 12.9. The Kier molecular flexibility index (Phi) is 3.25. The van der Waals surface area contributed by atoms with Crippen molar-refractivity contribution in [3.63, 3.8) is 0 Å². The number of ketones is 1. The predicted molar refractivity (Wildman–Crippen MR) is 61.9 cm³/mol. The first-order chi connectivity index (χ1) is 8.18. The minimum atomic E-state index is -0.792. The van der Waals surface area contributed by atoms with Gasteiger partial charge in [0.05, 0.1) is 12.2 Å². The lowest BCUT2D eigenvalue weighted by atomic mass is 9.99. The standard InChI is InChI=1S/C13H11FN2O/c14-11-6-10(7-16-8-11)13(17)12(15)9-4-2-1-3-5-9/h1-8,12H,15H2/t12-/m1/s1. The average molecular weight is 230 g/mol. The summed E-state index contributed by atoms with van der Waals surface area (Å²) in [5, 5.41) is 0. The van der Waals surface area contributed by atoms with Crippen molar-refractivity contribution in [1.82, 2.24) is 4.98 Å². The van der Waals surface area contributed by atoms with Gasteiger partial charge >= 0.3 is 0 Å². The molecular formula is C13H11FN2O. The lowest BCUT2D eigenvalue weighted by Gasteiger charge is -2.10. The molecule has 2 N–H and O–H groups in total. The first-order valence-electron chi connectivity index (χ1n) is 5.14. The third-order valence-corrected chi connectivity index (χ3v) is 2.43. The van der Waals surface area contributed by atoms with E-state index in [0.29, 0.717) is 5.56 Å². The van der Waals surface area contributed by atoms with Crippen LogP contribution in [0.2, 0.25) is 0 Å². The highest BCUT2D eigenvalue weighted by atomic mass is 19.1. The van der Waals surface area contributed by atoms with E-state index in [-0.39, 0.29) is 11.3 Å². The van der Waals surface area contributed by atoms with E-state index in [9.17, 15) is 9.18 Å². The zero-order chi connectivity index (χ0) is 12.3. The molecule has 0 amide bonds. The summed E-state index contributed by atoms with van der Waals surface area (Å²) >= 11 is 0. The SMILES string of the molecule is N[C@@H](C(=O)c1cncc(F)c1)c1ccccc1. The number of carbonyl (C=O) groups is 1. The maximum Gasteiger partial charge on any atom is 0.185 e. The molecule has 0 saturated heterocycles. The molecule has 3 nitrogen and oxygen atoms in total. The summed E-state index contributed by atoms with van der Waals surface area (Å²) in [5.41, 5.74) is 6.70. The van der Waals surface area contributed by atoms with Crippen LogP contribution in [0.3, 0.4) is 0 Å². The fourth-order valence-electron chi connectivity index (χ4n) is 1.54. The molecule has 0 fully saturated rings. The van der Waals surface area contributed by atoms with Crippen molar-refractivity contribution in [3.05, 3.63) is 65.7 Å². The van der Waals surface area contributed by atoms with Crippen LogP contribution >= 0.6 is 0 Å². The number of rotatable bonds is 3. The van der Waals surface area contributed by atoms with E-state index in [1.54, 1.807) is 24.3 Å². The van der Waals surface area contributed by atoms with Crippen molar-refractivity contribution in [3.8, 4) is 0 Å². The van der Waals surface area contributed by atoms with Crippen LogP contribution in [0.4, 0.5) is 4.39 Å². The quantitative estimate of drug-likeness (QED) is 0.821. The highest BCUT2D eigenvalue weighted by molar-refractivity contribution is 6.00. The molecule has 0 radical (unpaired) electrons. The molecule has 86 valence electrons. The number of Topliss-reactive ketones (excluding diaryl/α,β-unsaturated/α-hetero) is 1. The van der Waals surface area contributed by atoms with Crippen molar-refractivity contribution >= 4 is 5.78 Å². The van der Waals surface area contributed by atoms with Gasteiger partial charge in [0.2, 0.25) is 0 Å². The van der Waals surface area contributed by atoms with Crippen molar-refractivity contribution in [2.45, 2.75) is 6.04 Å². The van der Waals surface area contributed by atoms with E-state index >= 15 is 0 Å². The highest BCUT2D eigenvalue weighted by Gasteiger charge is 2.18. The van der Waals surface area contributed by atoms with Crippen LogP contribution < -0.4 is 5.73 Å². The Balaban J connectivity index is 2.27. The van der Waals surface area contributed by atoms with Crippen LogP contribution in [0.5, 0.6) is 0 Å². The molecule has 1 aromatic heterocycles. The van der Waals surface area contributed by atoms with Crippen LogP contribution in [0, 0.1) is 5.82 Å². The Bertz CT molecular complexity index is 528. The van der Waals surface area contributed by atoms with E-state index in [1.165, 1.54) is 6.20 Å². The number of hydrogen-bond donors (Lipinski definition) is 1. The van der Waals surface area contributed by atoms with E-state index in [0.717, 1.165) is 12.3 Å². The van der Waals surface area contributed by atoms with Gasteiger partial charge in [-0.3, -0.25) is 9.78 Å². The Labute approximate surface area is 98.1 Å². The number of nitrogens with zero attached hydrogens (tertiary/aromatic N) is 1. The summed E-state index contributed by atoms with van der Waals surface area (Å²) in [6, 6.07) is 9.30. The number of hydrogen-bond acceptors (Lipinski definition) is 3. The van der Waals surface area contributed by atoms with E-state index in [4.69, 9.17) is 5.73 Å². The second-order valence-electron chi connectivity index (χ2n) is 3.64. The van der Waals surface area contributed by atoms with Gasteiger partial charge in [-0.05, 0) is 11.6 Å². The second-order valence-corrected chi connectivity index (χ2v) is 3.64. The van der Waals surface area contributed by atoms with Gasteiger partial charge in [-0.15, -0.1) is 0 Å². The normalized spacial score (nSPS) is 12.1. The predicted octanol–water partition coefficient (Wildman–Crippen LogP) is 2.10. The Morgan fingerprint density at radius 2 is 1.94 bits per heavy atom. The Morgan fingerprint density at radius 1 is 1.24 bits per heavy atom. The van der Waals surface area contributed by atoms with Gasteiger partial charge in [-0.1, -0.05) is 30.3 Å². The number of carbonyl (C=O) groups excluding carboxylic acids is 1. The third-order valence-electron chi connectivity index (χ3n) is 2.43. The summed E-state index contributed by atoms with van der Waals surface area (Å²) in [4.78, 5) is 15.6. The minimum absolute atomic E-state index is 0.182. The first kappa shape index (κ1) is 11.4. The number of benzene rings is 1. The van der Waals surface area contributed by atoms with Gasteiger partial charge in [0.25, 0.3) is 0 Å². The van der Waals surface area contributed by atoms with Gasteiger partial charge in [-0.2, -0.15) is 0 Å². The molecule has 4 heteroatoms. The van der Waals surface area contributed by atoms with Crippen molar-refractivity contribution < 1.29 is 9.18 Å². The largest absolute Gasteiger partial charge is 0.318 e. The van der Waals surface area contributed by atoms with Gasteiger partial charge in [0.15, 0.2) is 5.78 Å². The summed E-state index contributed by atoms with van der Waals surface area (Å²) < 4.78 is 12.9. The summed E-state index contributed by atoms with van der Waals surface area (Å²) in [6.07, 6.45) is 2.36. The zero-order valence-electron chi connectivity index (χ0n) is 9.01. The summed E-state index contributed by atoms with van der Waals surface area (Å²) in [7, 11) is 0. The van der Waals surface area contributed by atoms with Crippen LogP contribution in [0.25, 0.3) is 0 Å². The average Bonchev–Trinajstić information content (AvgIpc) is 2.38. The van der Waals surface area contributed by atoms with Gasteiger partial charge in [-0.25, -0.2) is 4.39 Å². The smallest absolute Gasteiger partial charge is 0.185 e. The fourth-order valence-corrected chi connectivity index (χ4v) is 1.54. The summed E-state index contributed by atoms with van der Waals surface area (Å²) in [5.74, 6) is -0.890. The Hall–Kier alpha value is -2.07. The molecular weight excluding hydrogens is 219 g/mol. The van der Waals surface area contributed by atoms with Gasteiger partial charge in [0, 0.05) is 11.8 Å². The number of aromatic nitrogens is 1. The van der Waals surface area contributed by atoms with Crippen LogP contribution in [0.15, 0.2) is 48.8 Å². The van der Waals surface area contributed by atoms with Crippen LogP contribution in [-0.4, -0.2) is 10.8 Å². The third kappa shape index (κ3) is 2.54. The highest BCUT2D eigenvalue weighted by Crippen LogP contribution is 2.15. The Morgan fingerprint density at radius 3 is 2.59 bits per heavy atom. The molecule has 2 rings (SSSR count). The molecule has 0 saturated carbocycles. The maximum absolute atomic E-state index is 12.9. The van der Waals surface area contributed by atoms with Crippen LogP contribution in [0.1, 0.15) is 22.0 Å². The first-order valence-corrected chi connectivity index (χ1v) is 5.14. The molecule has 1 aromatic carbocycles. The monoisotopic (exact) mass is 230 g/mol. The zero-order valence-corrected chi connectivity index (χ0v) is 9.01. The molecule has 0 aliphatic heterocycles. The minimum Gasteiger partial charge on any atom is -0.318 e. The molecule has 0 bridgehead atoms. The molecule has 2 aromatic rings. The molecule has 1 atom stereocenters. The number of nitrogens with two attached hydrogens (primary N) is 1. The molecule has 17 heavy (non-hydrogen) atoms. The van der Waals surface area contributed by atoms with Crippen molar-refractivity contribution in [2.24, 2.45) is 5.73 Å². The molecule has 0 aliphatic rings. The van der Waals surface area contributed by atoms with Crippen LogP contribution in [-0.2, 0) is 0 Å². The lowest BCUT2D eigenvalue weighted by molar-refractivity contribution is 0.0960. The molecule has 0 unspecified atom stereocenters. The van der Waals surface area contributed by atoms with Gasteiger partial charge < -0.3 is 5.73 Å². The molecule has 1 heterocycles. The van der Waals surface area contributed by atoms with E-state index in [1.807, 2.05) is 6.07 Å². The van der Waals surface area contributed by atoms with E-state index in [2.05, 4.69) is 4.98 Å². The van der Waals surface area contributed by atoms with Crippen molar-refractivity contribution in [1.29, 1.82) is 0 Å². The molecule has 0 spiro atoms. The van der Waals surface area contributed by atoms with Crippen molar-refractivity contribution in [2.75, 3.05) is 0 Å². The lowest BCUT2D eigenvalue weighted by Crippen LogP contribution is -2.21. The van der Waals surface area contributed by atoms with Gasteiger partial charge in [0.1, 0.15) is 5.82 Å². The fraction of sp³-hybridized carbons (Fsp3) is 0.0769. The summed E-state index contributed by atoms with van der Waals surface area (Å²) in [6.45, 7) is 0. The topological polar surface area (TPSA) is 56.0 Å².